The van der Waals surface area contributed by atoms with Crippen LogP contribution in [0.15, 0.2) is 174 Å². The highest BCUT2D eigenvalue weighted by Gasteiger charge is 2.19. The van der Waals surface area contributed by atoms with Crippen LogP contribution in [0.25, 0.3) is 88.0 Å². The highest BCUT2D eigenvalue weighted by molar-refractivity contribution is 6.21. The minimum Gasteiger partial charge on any atom is -0.456 e. The molecule has 0 fully saturated rings. The Hall–Kier alpha value is -5.92. The Bertz CT molecular complexity index is 2980. The Labute approximate surface area is 275 Å². The number of furan rings is 1. The van der Waals surface area contributed by atoms with E-state index in [2.05, 4.69) is 0 Å². The molecule has 210 valence electrons. The predicted octanol–water partition coefficient (Wildman–Crippen LogP) is 12.6. The van der Waals surface area contributed by atoms with Crippen molar-refractivity contribution in [3.8, 4) is 44.5 Å². The molecule has 9 rings (SSSR count). The summed E-state index contributed by atoms with van der Waals surface area (Å²) >= 11 is 0. The largest absolute Gasteiger partial charge is 0.456 e. The van der Waals surface area contributed by atoms with E-state index in [9.17, 15) is 0 Å². The van der Waals surface area contributed by atoms with Gasteiger partial charge in [-0.3, -0.25) is 0 Å². The van der Waals surface area contributed by atoms with Crippen molar-refractivity contribution < 1.29 is 18.1 Å². The molecule has 1 aromatic heterocycles. The molecular weight excluding hydrogens is 544 g/mol. The molecule has 0 spiro atoms. The van der Waals surface area contributed by atoms with E-state index in [1.54, 1.807) is 0 Å². The number of para-hydroxylation sites is 1. The van der Waals surface area contributed by atoms with Crippen LogP contribution in [0.3, 0.4) is 0 Å². The fourth-order valence-corrected chi connectivity index (χ4v) is 6.59. The standard InChI is InChI=1S/C44H28O/c1-3-13-30(14-4-1)41-34-17-7-9-19-36(34)42(37-20-10-8-18-35(37)41)32-25-23-29(24-26-32)33-27-28-40-44(38-21-11-12-22-39(38)45-40)43(33)31-15-5-2-6-16-31/h1-28H/i1D,2D,3D,4D,5D,6D,13D,14D,15D,16D. The molecule has 0 N–H and O–H groups in total. The Kier molecular flexibility index (Phi) is 4.01. The van der Waals surface area contributed by atoms with Gasteiger partial charge in [-0.15, -0.1) is 0 Å². The molecule has 8 aromatic carbocycles. The third-order valence-corrected chi connectivity index (χ3v) is 8.46. The summed E-state index contributed by atoms with van der Waals surface area (Å²) in [6, 6.07) is 30.7. The zero-order valence-corrected chi connectivity index (χ0v) is 23.8. The van der Waals surface area contributed by atoms with Crippen molar-refractivity contribution >= 4 is 43.5 Å². The number of benzene rings is 8. The topological polar surface area (TPSA) is 13.1 Å². The first-order valence-corrected chi connectivity index (χ1v) is 14.6. The zero-order valence-electron chi connectivity index (χ0n) is 33.8. The number of rotatable bonds is 4. The molecule has 0 saturated carbocycles. The fourth-order valence-electron chi connectivity index (χ4n) is 6.59. The van der Waals surface area contributed by atoms with Gasteiger partial charge < -0.3 is 4.42 Å². The lowest BCUT2D eigenvalue weighted by Crippen LogP contribution is -1.91. The van der Waals surface area contributed by atoms with Crippen molar-refractivity contribution in [2.24, 2.45) is 0 Å². The molecular formula is C44H28O. The summed E-state index contributed by atoms with van der Waals surface area (Å²) in [5, 5.41) is 4.55. The quantitative estimate of drug-likeness (QED) is 0.188. The van der Waals surface area contributed by atoms with Gasteiger partial charge in [0.1, 0.15) is 11.2 Å². The summed E-state index contributed by atoms with van der Waals surface area (Å²) in [6.45, 7) is 0. The summed E-state index contributed by atoms with van der Waals surface area (Å²) < 4.78 is 92.0. The van der Waals surface area contributed by atoms with Crippen LogP contribution in [0.5, 0.6) is 0 Å². The smallest absolute Gasteiger partial charge is 0.136 e. The summed E-state index contributed by atoms with van der Waals surface area (Å²) in [4.78, 5) is 0. The van der Waals surface area contributed by atoms with Gasteiger partial charge in [0, 0.05) is 16.3 Å². The van der Waals surface area contributed by atoms with E-state index in [1.165, 1.54) is 0 Å². The van der Waals surface area contributed by atoms with Gasteiger partial charge in [-0.2, -0.15) is 0 Å². The minimum absolute atomic E-state index is 0.0856. The Morgan fingerprint density at radius 1 is 0.356 bits per heavy atom. The first-order valence-electron chi connectivity index (χ1n) is 19.6. The average Bonchev–Trinajstić information content (AvgIpc) is 3.60. The highest BCUT2D eigenvalue weighted by Crippen LogP contribution is 2.45. The summed E-state index contributed by atoms with van der Waals surface area (Å²) in [5.41, 5.74) is 5.59. The van der Waals surface area contributed by atoms with Gasteiger partial charge in [-0.05, 0) is 72.6 Å². The van der Waals surface area contributed by atoms with E-state index < -0.39 is 36.3 Å². The van der Waals surface area contributed by atoms with Crippen molar-refractivity contribution in [1.82, 2.24) is 0 Å². The second-order valence-electron chi connectivity index (χ2n) is 10.9. The number of hydrogen-bond acceptors (Lipinski definition) is 1. The normalized spacial score (nSPS) is 14.7. The monoisotopic (exact) mass is 582 g/mol. The third kappa shape index (κ3) is 4.09. The van der Waals surface area contributed by atoms with Gasteiger partial charge in [0.2, 0.25) is 0 Å². The van der Waals surface area contributed by atoms with Gasteiger partial charge in [0.15, 0.2) is 0 Å². The summed E-state index contributed by atoms with van der Waals surface area (Å²) in [5.74, 6) is 0. The minimum atomic E-state index is -0.467. The molecule has 45 heavy (non-hydrogen) atoms. The maximum atomic E-state index is 8.95. The van der Waals surface area contributed by atoms with Gasteiger partial charge >= 0.3 is 0 Å². The lowest BCUT2D eigenvalue weighted by atomic mass is 9.85. The van der Waals surface area contributed by atoms with E-state index in [0.29, 0.717) is 33.2 Å². The van der Waals surface area contributed by atoms with Crippen molar-refractivity contribution in [1.29, 1.82) is 0 Å². The van der Waals surface area contributed by atoms with Crippen LogP contribution < -0.4 is 0 Å². The first kappa shape index (κ1) is 17.4. The van der Waals surface area contributed by atoms with Crippen molar-refractivity contribution in [2.75, 3.05) is 0 Å². The van der Waals surface area contributed by atoms with Crippen LogP contribution in [0.4, 0.5) is 0 Å². The van der Waals surface area contributed by atoms with Gasteiger partial charge in [0.25, 0.3) is 0 Å². The van der Waals surface area contributed by atoms with Crippen molar-refractivity contribution in [3.63, 3.8) is 0 Å². The van der Waals surface area contributed by atoms with Crippen molar-refractivity contribution in [3.05, 3.63) is 170 Å². The number of hydrogen-bond donors (Lipinski definition) is 0. The molecule has 0 aliphatic heterocycles. The molecule has 0 atom stereocenters. The molecule has 0 amide bonds. The summed E-state index contributed by atoms with van der Waals surface area (Å²) in [6.07, 6.45) is 0. The van der Waals surface area contributed by atoms with E-state index in [-0.39, 0.29) is 35.3 Å². The van der Waals surface area contributed by atoms with E-state index in [0.717, 1.165) is 43.6 Å². The summed E-state index contributed by atoms with van der Waals surface area (Å²) in [7, 11) is 0. The molecule has 1 heterocycles. The average molecular weight is 583 g/mol. The van der Waals surface area contributed by atoms with Crippen LogP contribution in [0, 0.1) is 0 Å². The molecule has 0 unspecified atom stereocenters. The van der Waals surface area contributed by atoms with Crippen LogP contribution in [0.1, 0.15) is 13.7 Å². The fraction of sp³-hybridized carbons (Fsp3) is 0. The van der Waals surface area contributed by atoms with Crippen LogP contribution >= 0.6 is 0 Å². The second kappa shape index (κ2) is 10.4. The lowest BCUT2D eigenvalue weighted by Gasteiger charge is -2.18. The van der Waals surface area contributed by atoms with Gasteiger partial charge in [-0.1, -0.05) is 157 Å². The van der Waals surface area contributed by atoms with Crippen LogP contribution in [-0.4, -0.2) is 0 Å². The van der Waals surface area contributed by atoms with Crippen molar-refractivity contribution in [2.45, 2.75) is 0 Å². The maximum Gasteiger partial charge on any atom is 0.136 e. The van der Waals surface area contributed by atoms with E-state index in [1.807, 2.05) is 109 Å². The third-order valence-electron chi connectivity index (χ3n) is 8.46. The SMILES string of the molecule is [2H]c1c([2H])c([2H])c(-c2c3ccccc3c(-c3ccc(-c4ccc5oc6ccccc6c5c4-c4c([2H])c([2H])c([2H])c([2H])c4[2H])cc3)c3ccccc23)c([2H])c1[2H]. The Balaban J connectivity index is 1.31. The molecule has 0 aliphatic carbocycles. The highest BCUT2D eigenvalue weighted by atomic mass is 16.3. The molecule has 9 aromatic rings. The van der Waals surface area contributed by atoms with E-state index >= 15 is 0 Å². The lowest BCUT2D eigenvalue weighted by molar-refractivity contribution is 0.669. The van der Waals surface area contributed by atoms with Crippen LogP contribution in [-0.2, 0) is 0 Å². The predicted molar refractivity (Wildman–Crippen MR) is 190 cm³/mol. The molecule has 1 nitrogen and oxygen atoms in total. The molecule has 0 aliphatic rings. The molecule has 0 saturated heterocycles. The maximum absolute atomic E-state index is 8.95. The molecule has 1 heteroatoms. The van der Waals surface area contributed by atoms with Gasteiger partial charge in [-0.25, -0.2) is 0 Å². The Morgan fingerprint density at radius 3 is 1.40 bits per heavy atom. The van der Waals surface area contributed by atoms with E-state index in [4.69, 9.17) is 18.1 Å². The second-order valence-corrected chi connectivity index (χ2v) is 10.9. The van der Waals surface area contributed by atoms with Crippen LogP contribution in [0.2, 0.25) is 0 Å². The molecule has 0 radical (unpaired) electrons. The number of fused-ring (bicyclic) bond motifs is 5. The first-order chi connectivity index (χ1) is 26.5. The van der Waals surface area contributed by atoms with Gasteiger partial charge in [0.05, 0.1) is 13.7 Å². The zero-order chi connectivity index (χ0) is 38.4. The molecule has 0 bridgehead atoms. The Morgan fingerprint density at radius 2 is 0.822 bits per heavy atom.